The van der Waals surface area contributed by atoms with Gasteiger partial charge in [-0.2, -0.15) is 10.2 Å². The molecule has 0 atom stereocenters. The van der Waals surface area contributed by atoms with Crippen LogP contribution in [0.2, 0.25) is 0 Å². The first-order valence-corrected chi connectivity index (χ1v) is 7.58. The number of anilines is 1. The van der Waals surface area contributed by atoms with Gasteiger partial charge in [-0.25, -0.2) is 0 Å². The number of aryl methyl sites for hydroxylation is 2. The number of nitrogens with one attached hydrogen (secondary N) is 1. The summed E-state index contributed by atoms with van der Waals surface area (Å²) in [5, 5.41) is 11.3. The number of nitrogens with zero attached hydrogens (tertiary/aromatic N) is 4. The zero-order valence-corrected chi connectivity index (χ0v) is 13.9. The number of hydrogen-bond acceptors (Lipinski definition) is 4. The van der Waals surface area contributed by atoms with Crippen molar-refractivity contribution in [1.29, 1.82) is 0 Å². The van der Waals surface area contributed by atoms with Crippen molar-refractivity contribution >= 4 is 11.6 Å². The molecule has 0 aliphatic rings. The van der Waals surface area contributed by atoms with Crippen LogP contribution in [0.5, 0.6) is 11.5 Å². The molecule has 0 unspecified atom stereocenters. The second-order valence-electron chi connectivity index (χ2n) is 5.51. The van der Waals surface area contributed by atoms with Gasteiger partial charge in [0, 0.05) is 7.05 Å². The van der Waals surface area contributed by atoms with Crippen LogP contribution in [0.3, 0.4) is 0 Å². The largest absolute Gasteiger partial charge is 0.454 e. The normalized spacial score (nSPS) is 10.6. The average molecular weight is 325 g/mol. The van der Waals surface area contributed by atoms with Crippen LogP contribution < -0.4 is 10.1 Å². The summed E-state index contributed by atoms with van der Waals surface area (Å²) in [5.74, 6) is 1.15. The van der Waals surface area contributed by atoms with Gasteiger partial charge in [0.2, 0.25) is 5.91 Å². The highest BCUT2D eigenvalue weighted by atomic mass is 16.5. The summed E-state index contributed by atoms with van der Waals surface area (Å²) < 4.78 is 8.95. The lowest BCUT2D eigenvalue weighted by Gasteiger charge is -2.06. The lowest BCUT2D eigenvalue weighted by molar-refractivity contribution is -0.116. The van der Waals surface area contributed by atoms with Gasteiger partial charge < -0.3 is 10.1 Å². The van der Waals surface area contributed by atoms with Gasteiger partial charge >= 0.3 is 0 Å². The van der Waals surface area contributed by atoms with Crippen LogP contribution in [0, 0.1) is 13.8 Å². The van der Waals surface area contributed by atoms with E-state index in [2.05, 4.69) is 15.5 Å². The smallest absolute Gasteiger partial charge is 0.246 e. The Hall–Kier alpha value is -3.09. The van der Waals surface area contributed by atoms with Crippen LogP contribution in [0.25, 0.3) is 0 Å². The molecular formula is C17H19N5O2. The molecule has 0 saturated heterocycles. The van der Waals surface area contributed by atoms with Gasteiger partial charge in [0.15, 0.2) is 5.75 Å². The Morgan fingerprint density at radius 3 is 2.62 bits per heavy atom. The quantitative estimate of drug-likeness (QED) is 0.782. The first-order valence-electron chi connectivity index (χ1n) is 7.58. The average Bonchev–Trinajstić information content (AvgIpc) is 3.08. The highest BCUT2D eigenvalue weighted by Gasteiger charge is 2.13. The highest BCUT2D eigenvalue weighted by Crippen LogP contribution is 2.20. The minimum Gasteiger partial charge on any atom is -0.454 e. The monoisotopic (exact) mass is 325 g/mol. The number of hydrogen-bond donors (Lipinski definition) is 1. The van der Waals surface area contributed by atoms with Gasteiger partial charge in [-0.05, 0) is 26.0 Å². The van der Waals surface area contributed by atoms with Crippen LogP contribution in [-0.2, 0) is 18.4 Å². The van der Waals surface area contributed by atoms with Crippen molar-refractivity contribution in [3.05, 3.63) is 54.1 Å². The van der Waals surface area contributed by atoms with E-state index in [4.69, 9.17) is 4.74 Å². The Morgan fingerprint density at radius 1 is 1.21 bits per heavy atom. The summed E-state index contributed by atoms with van der Waals surface area (Å²) in [5.41, 5.74) is 2.45. The second kappa shape index (κ2) is 6.57. The zero-order chi connectivity index (χ0) is 17.1. The molecule has 7 nitrogen and oxygen atoms in total. The molecule has 0 saturated carbocycles. The molecule has 1 aromatic carbocycles. The van der Waals surface area contributed by atoms with Gasteiger partial charge in [0.1, 0.15) is 12.3 Å². The van der Waals surface area contributed by atoms with Crippen molar-refractivity contribution in [2.24, 2.45) is 7.05 Å². The zero-order valence-electron chi connectivity index (χ0n) is 13.9. The van der Waals surface area contributed by atoms with E-state index in [9.17, 15) is 4.79 Å². The van der Waals surface area contributed by atoms with Crippen LogP contribution in [0.4, 0.5) is 5.69 Å². The fourth-order valence-corrected chi connectivity index (χ4v) is 2.39. The van der Waals surface area contributed by atoms with Crippen LogP contribution in [0.1, 0.15) is 11.4 Å². The molecule has 1 N–H and O–H groups in total. The summed E-state index contributed by atoms with van der Waals surface area (Å²) in [7, 11) is 1.85. The molecule has 1 amide bonds. The third kappa shape index (κ3) is 3.45. The van der Waals surface area contributed by atoms with E-state index in [-0.39, 0.29) is 12.5 Å². The number of para-hydroxylation sites is 1. The van der Waals surface area contributed by atoms with E-state index in [1.165, 1.54) is 4.68 Å². The summed E-state index contributed by atoms with van der Waals surface area (Å²) in [6.45, 7) is 3.88. The second-order valence-corrected chi connectivity index (χ2v) is 5.51. The van der Waals surface area contributed by atoms with Crippen LogP contribution >= 0.6 is 0 Å². The van der Waals surface area contributed by atoms with Crippen molar-refractivity contribution in [3.63, 3.8) is 0 Å². The first-order chi connectivity index (χ1) is 11.5. The molecule has 0 spiro atoms. The summed E-state index contributed by atoms with van der Waals surface area (Å²) in [4.78, 5) is 12.2. The number of carbonyl (C=O) groups excluding carboxylic acids is 1. The van der Waals surface area contributed by atoms with E-state index >= 15 is 0 Å². The van der Waals surface area contributed by atoms with Gasteiger partial charge in [-0.15, -0.1) is 0 Å². The van der Waals surface area contributed by atoms with Gasteiger partial charge in [0.05, 0.1) is 29.5 Å². The van der Waals surface area contributed by atoms with E-state index in [0.29, 0.717) is 5.75 Å². The lowest BCUT2D eigenvalue weighted by atomic mass is 10.3. The maximum Gasteiger partial charge on any atom is 0.246 e. The number of amides is 1. The van der Waals surface area contributed by atoms with Crippen molar-refractivity contribution in [2.45, 2.75) is 20.4 Å². The number of carbonyl (C=O) groups is 1. The number of ether oxygens (including phenoxy) is 1. The molecule has 0 aliphatic carbocycles. The molecule has 0 aliphatic heterocycles. The Morgan fingerprint density at radius 2 is 1.96 bits per heavy atom. The SMILES string of the molecule is Cc1nn(C)c(C)c1NC(=O)Cn1cc(Oc2ccccc2)cn1. The van der Waals surface area contributed by atoms with E-state index < -0.39 is 0 Å². The third-order valence-corrected chi connectivity index (χ3v) is 3.67. The van der Waals surface area contributed by atoms with Gasteiger partial charge in [0.25, 0.3) is 0 Å². The van der Waals surface area contributed by atoms with E-state index in [0.717, 1.165) is 22.8 Å². The van der Waals surface area contributed by atoms with E-state index in [1.807, 2.05) is 51.2 Å². The minimum atomic E-state index is -0.163. The van der Waals surface area contributed by atoms with Gasteiger partial charge in [-0.1, -0.05) is 18.2 Å². The fourth-order valence-electron chi connectivity index (χ4n) is 2.39. The predicted molar refractivity (Wildman–Crippen MR) is 90.1 cm³/mol. The van der Waals surface area contributed by atoms with Gasteiger partial charge in [-0.3, -0.25) is 14.2 Å². The molecule has 2 aromatic heterocycles. The molecule has 24 heavy (non-hydrogen) atoms. The van der Waals surface area contributed by atoms with Crippen molar-refractivity contribution in [3.8, 4) is 11.5 Å². The number of benzene rings is 1. The molecule has 0 radical (unpaired) electrons. The molecule has 3 aromatic rings. The molecule has 0 bridgehead atoms. The van der Waals surface area contributed by atoms with Crippen molar-refractivity contribution in [1.82, 2.24) is 19.6 Å². The molecule has 3 rings (SSSR count). The first kappa shape index (κ1) is 15.8. The maximum atomic E-state index is 12.2. The summed E-state index contributed by atoms with van der Waals surface area (Å²) in [6.07, 6.45) is 3.27. The third-order valence-electron chi connectivity index (χ3n) is 3.67. The number of rotatable bonds is 5. The standard InChI is InChI=1S/C17H19N5O2/c1-12-17(13(2)21(3)20-12)19-16(23)11-22-10-15(9-18-22)24-14-7-5-4-6-8-14/h4-10H,11H2,1-3H3,(H,19,23). The Bertz CT molecular complexity index is 851. The maximum absolute atomic E-state index is 12.2. The minimum absolute atomic E-state index is 0.103. The highest BCUT2D eigenvalue weighted by molar-refractivity contribution is 5.91. The molecule has 2 heterocycles. The Balaban J connectivity index is 1.63. The lowest BCUT2D eigenvalue weighted by Crippen LogP contribution is -2.19. The topological polar surface area (TPSA) is 74.0 Å². The Kier molecular flexibility index (Phi) is 4.33. The molecule has 0 fully saturated rings. The molecule has 124 valence electrons. The van der Waals surface area contributed by atoms with E-state index in [1.54, 1.807) is 17.1 Å². The summed E-state index contributed by atoms with van der Waals surface area (Å²) >= 11 is 0. The van der Waals surface area contributed by atoms with Crippen molar-refractivity contribution in [2.75, 3.05) is 5.32 Å². The Labute approximate surface area is 139 Å². The molecule has 7 heteroatoms. The predicted octanol–water partition coefficient (Wildman–Crippen LogP) is 2.66. The summed E-state index contributed by atoms with van der Waals surface area (Å²) in [6, 6.07) is 9.43. The molecular weight excluding hydrogens is 306 g/mol. The fraction of sp³-hybridized carbons (Fsp3) is 0.235. The van der Waals surface area contributed by atoms with Crippen LogP contribution in [0.15, 0.2) is 42.7 Å². The number of aromatic nitrogens is 4. The van der Waals surface area contributed by atoms with Crippen LogP contribution in [-0.4, -0.2) is 25.5 Å². The van der Waals surface area contributed by atoms with Crippen molar-refractivity contribution < 1.29 is 9.53 Å².